The standard InChI is InChI=1S/C19H35NO/c1-2-20-16-18(10-5-3-6-11-18)15-17-9-14-19(21-17)12-7-4-8-13-19/h17,20H,2-16H2,1H3. The molecule has 0 aromatic heterocycles. The smallest absolute Gasteiger partial charge is 0.0687 e. The van der Waals surface area contributed by atoms with Gasteiger partial charge in [-0.3, -0.25) is 0 Å². The number of rotatable bonds is 5. The molecule has 122 valence electrons. The summed E-state index contributed by atoms with van der Waals surface area (Å²) in [6, 6.07) is 0. The molecular formula is C19H35NO. The molecule has 2 aliphatic carbocycles. The number of ether oxygens (including phenoxy) is 1. The molecule has 1 spiro atoms. The van der Waals surface area contributed by atoms with Crippen LogP contribution in [-0.4, -0.2) is 24.8 Å². The first kappa shape index (κ1) is 15.8. The Bertz CT molecular complexity index is 316. The summed E-state index contributed by atoms with van der Waals surface area (Å²) in [7, 11) is 0. The third-order valence-electron chi connectivity index (χ3n) is 6.43. The summed E-state index contributed by atoms with van der Waals surface area (Å²) in [6.07, 6.45) is 18.6. The lowest BCUT2D eigenvalue weighted by atomic mass is 9.70. The van der Waals surface area contributed by atoms with Gasteiger partial charge in [-0.15, -0.1) is 0 Å². The van der Waals surface area contributed by atoms with Crippen LogP contribution in [-0.2, 0) is 4.74 Å². The third-order valence-corrected chi connectivity index (χ3v) is 6.43. The van der Waals surface area contributed by atoms with Crippen molar-refractivity contribution in [1.82, 2.24) is 5.32 Å². The van der Waals surface area contributed by atoms with Crippen molar-refractivity contribution in [2.45, 2.75) is 102 Å². The molecule has 0 amide bonds. The molecule has 1 aliphatic heterocycles. The summed E-state index contributed by atoms with van der Waals surface area (Å²) < 4.78 is 6.67. The SMILES string of the molecule is CCNCC1(CC2CCC3(CCCCC3)O2)CCCCC1. The fraction of sp³-hybridized carbons (Fsp3) is 1.00. The van der Waals surface area contributed by atoms with Gasteiger partial charge in [-0.05, 0) is 56.9 Å². The highest BCUT2D eigenvalue weighted by atomic mass is 16.5. The Morgan fingerprint density at radius 2 is 1.57 bits per heavy atom. The van der Waals surface area contributed by atoms with E-state index in [0.29, 0.717) is 17.1 Å². The highest BCUT2D eigenvalue weighted by molar-refractivity contribution is 4.95. The van der Waals surface area contributed by atoms with E-state index in [4.69, 9.17) is 4.74 Å². The highest BCUT2D eigenvalue weighted by Crippen LogP contribution is 2.47. The van der Waals surface area contributed by atoms with Gasteiger partial charge in [0.25, 0.3) is 0 Å². The van der Waals surface area contributed by atoms with Gasteiger partial charge in [0.1, 0.15) is 0 Å². The zero-order chi connectivity index (χ0) is 14.6. The van der Waals surface area contributed by atoms with E-state index in [-0.39, 0.29) is 0 Å². The van der Waals surface area contributed by atoms with Gasteiger partial charge in [-0.1, -0.05) is 45.4 Å². The van der Waals surface area contributed by atoms with Crippen LogP contribution in [0.4, 0.5) is 0 Å². The van der Waals surface area contributed by atoms with Gasteiger partial charge in [-0.2, -0.15) is 0 Å². The Morgan fingerprint density at radius 3 is 2.24 bits per heavy atom. The van der Waals surface area contributed by atoms with E-state index < -0.39 is 0 Å². The Kier molecular flexibility index (Phi) is 5.27. The topological polar surface area (TPSA) is 21.3 Å². The van der Waals surface area contributed by atoms with Crippen LogP contribution < -0.4 is 5.32 Å². The fourth-order valence-corrected chi connectivity index (χ4v) is 5.23. The van der Waals surface area contributed by atoms with E-state index in [2.05, 4.69) is 12.2 Å². The van der Waals surface area contributed by atoms with Crippen molar-refractivity contribution in [2.75, 3.05) is 13.1 Å². The Hall–Kier alpha value is -0.0800. The summed E-state index contributed by atoms with van der Waals surface area (Å²) in [4.78, 5) is 0. The molecule has 3 fully saturated rings. The molecule has 0 radical (unpaired) electrons. The highest BCUT2D eigenvalue weighted by Gasteiger charge is 2.44. The average molecular weight is 293 g/mol. The molecule has 3 aliphatic rings. The van der Waals surface area contributed by atoms with E-state index in [9.17, 15) is 0 Å². The van der Waals surface area contributed by atoms with Gasteiger partial charge in [0.15, 0.2) is 0 Å². The molecule has 2 saturated carbocycles. The van der Waals surface area contributed by atoms with Gasteiger partial charge in [0.05, 0.1) is 11.7 Å². The lowest BCUT2D eigenvalue weighted by molar-refractivity contribution is -0.0799. The van der Waals surface area contributed by atoms with Crippen molar-refractivity contribution in [2.24, 2.45) is 5.41 Å². The van der Waals surface area contributed by atoms with Gasteiger partial charge in [0.2, 0.25) is 0 Å². The van der Waals surface area contributed by atoms with Gasteiger partial charge >= 0.3 is 0 Å². The van der Waals surface area contributed by atoms with Crippen LogP contribution in [0.3, 0.4) is 0 Å². The maximum atomic E-state index is 6.67. The van der Waals surface area contributed by atoms with Crippen LogP contribution >= 0.6 is 0 Å². The second-order valence-electron chi connectivity index (χ2n) is 8.07. The minimum atomic E-state index is 0.303. The summed E-state index contributed by atoms with van der Waals surface area (Å²) in [5.74, 6) is 0. The van der Waals surface area contributed by atoms with Crippen LogP contribution in [0.2, 0.25) is 0 Å². The van der Waals surface area contributed by atoms with Crippen molar-refractivity contribution >= 4 is 0 Å². The van der Waals surface area contributed by atoms with Crippen LogP contribution in [0.25, 0.3) is 0 Å². The summed E-state index contributed by atoms with van der Waals surface area (Å²) in [6.45, 7) is 4.56. The first-order chi connectivity index (χ1) is 10.3. The molecule has 1 saturated heterocycles. The zero-order valence-corrected chi connectivity index (χ0v) is 14.1. The van der Waals surface area contributed by atoms with Crippen molar-refractivity contribution in [1.29, 1.82) is 0 Å². The van der Waals surface area contributed by atoms with E-state index in [1.54, 1.807) is 0 Å². The average Bonchev–Trinajstić information content (AvgIpc) is 2.89. The van der Waals surface area contributed by atoms with Crippen LogP contribution in [0.5, 0.6) is 0 Å². The predicted molar refractivity (Wildman–Crippen MR) is 88.6 cm³/mol. The maximum absolute atomic E-state index is 6.67. The zero-order valence-electron chi connectivity index (χ0n) is 14.1. The van der Waals surface area contributed by atoms with Crippen LogP contribution in [0.15, 0.2) is 0 Å². The largest absolute Gasteiger partial charge is 0.372 e. The second kappa shape index (κ2) is 7.00. The minimum Gasteiger partial charge on any atom is -0.372 e. The molecule has 1 unspecified atom stereocenters. The molecule has 21 heavy (non-hydrogen) atoms. The summed E-state index contributed by atoms with van der Waals surface area (Å²) in [5, 5.41) is 3.65. The lowest BCUT2D eigenvalue weighted by Crippen LogP contribution is -2.40. The first-order valence-corrected chi connectivity index (χ1v) is 9.65. The molecule has 0 bridgehead atoms. The van der Waals surface area contributed by atoms with Crippen LogP contribution in [0.1, 0.15) is 90.4 Å². The van der Waals surface area contributed by atoms with Gasteiger partial charge < -0.3 is 10.1 Å². The molecular weight excluding hydrogens is 258 g/mol. The quantitative estimate of drug-likeness (QED) is 0.784. The monoisotopic (exact) mass is 293 g/mol. The molecule has 1 atom stereocenters. The number of nitrogens with one attached hydrogen (secondary N) is 1. The molecule has 1 N–H and O–H groups in total. The van der Waals surface area contributed by atoms with E-state index in [0.717, 1.165) is 6.54 Å². The van der Waals surface area contributed by atoms with Crippen LogP contribution in [0, 0.1) is 5.41 Å². The fourth-order valence-electron chi connectivity index (χ4n) is 5.23. The van der Waals surface area contributed by atoms with Gasteiger partial charge in [-0.25, -0.2) is 0 Å². The minimum absolute atomic E-state index is 0.303. The molecule has 0 aromatic carbocycles. The predicted octanol–water partition coefficient (Wildman–Crippen LogP) is 4.82. The lowest BCUT2D eigenvalue weighted by Gasteiger charge is -2.40. The maximum Gasteiger partial charge on any atom is 0.0687 e. The van der Waals surface area contributed by atoms with Crippen molar-refractivity contribution < 1.29 is 4.74 Å². The van der Waals surface area contributed by atoms with Crippen molar-refractivity contribution in [3.05, 3.63) is 0 Å². The van der Waals surface area contributed by atoms with Crippen molar-refractivity contribution in [3.63, 3.8) is 0 Å². The molecule has 3 rings (SSSR count). The molecule has 2 heteroatoms. The van der Waals surface area contributed by atoms with E-state index in [1.807, 2.05) is 0 Å². The Balaban J connectivity index is 1.58. The number of hydrogen-bond donors (Lipinski definition) is 1. The van der Waals surface area contributed by atoms with Gasteiger partial charge in [0, 0.05) is 6.54 Å². The molecule has 1 heterocycles. The normalized spacial score (nSPS) is 31.6. The Morgan fingerprint density at radius 1 is 0.905 bits per heavy atom. The van der Waals surface area contributed by atoms with E-state index >= 15 is 0 Å². The molecule has 0 aromatic rings. The first-order valence-electron chi connectivity index (χ1n) is 9.65. The molecule has 2 nitrogen and oxygen atoms in total. The summed E-state index contributed by atoms with van der Waals surface area (Å²) >= 11 is 0. The number of hydrogen-bond acceptors (Lipinski definition) is 2. The summed E-state index contributed by atoms with van der Waals surface area (Å²) in [5.41, 5.74) is 0.843. The third kappa shape index (κ3) is 3.82. The van der Waals surface area contributed by atoms with E-state index in [1.165, 1.54) is 90.0 Å². The second-order valence-corrected chi connectivity index (χ2v) is 8.07. The van der Waals surface area contributed by atoms with Crippen molar-refractivity contribution in [3.8, 4) is 0 Å². The Labute approximate surface area is 131 Å².